The van der Waals surface area contributed by atoms with Crippen LogP contribution in [0, 0.1) is 0 Å². The first-order valence-electron chi connectivity index (χ1n) is 6.56. The number of rotatable bonds is 3. The van der Waals surface area contributed by atoms with E-state index in [0.29, 0.717) is 12.6 Å². The zero-order chi connectivity index (χ0) is 12.1. The van der Waals surface area contributed by atoms with Crippen molar-refractivity contribution in [1.29, 1.82) is 0 Å². The number of aromatic nitrogens is 2. The van der Waals surface area contributed by atoms with Gasteiger partial charge in [-0.3, -0.25) is 0 Å². The van der Waals surface area contributed by atoms with Crippen LogP contribution in [0.5, 0.6) is 0 Å². The lowest BCUT2D eigenvalue weighted by molar-refractivity contribution is 0.545. The van der Waals surface area contributed by atoms with Crippen LogP contribution in [0.15, 0.2) is 12.3 Å². The third-order valence-corrected chi connectivity index (χ3v) is 3.71. The molecule has 1 aliphatic rings. The van der Waals surface area contributed by atoms with E-state index >= 15 is 0 Å². The van der Waals surface area contributed by atoms with Crippen molar-refractivity contribution in [3.8, 4) is 0 Å². The molecule has 0 spiro atoms. The van der Waals surface area contributed by atoms with E-state index in [0.717, 1.165) is 11.4 Å². The van der Waals surface area contributed by atoms with Crippen molar-refractivity contribution in [3.63, 3.8) is 0 Å². The molecule has 1 aromatic rings. The molecule has 1 heterocycles. The molecular formula is C13H22N4. The first kappa shape index (κ1) is 12.3. The van der Waals surface area contributed by atoms with Gasteiger partial charge in [-0.15, -0.1) is 5.10 Å². The van der Waals surface area contributed by atoms with E-state index in [1.807, 2.05) is 6.07 Å². The Morgan fingerprint density at radius 2 is 2.00 bits per heavy atom. The van der Waals surface area contributed by atoms with Gasteiger partial charge < -0.3 is 10.6 Å². The summed E-state index contributed by atoms with van der Waals surface area (Å²) in [5, 5.41) is 8.24. The minimum Gasteiger partial charge on any atom is -0.355 e. The van der Waals surface area contributed by atoms with Crippen LogP contribution in [0.1, 0.15) is 44.1 Å². The van der Waals surface area contributed by atoms with Gasteiger partial charge in [-0.25, -0.2) is 0 Å². The fourth-order valence-electron chi connectivity index (χ4n) is 2.62. The van der Waals surface area contributed by atoms with Crippen molar-refractivity contribution in [3.05, 3.63) is 17.8 Å². The molecule has 1 aliphatic carbocycles. The highest BCUT2D eigenvalue weighted by Crippen LogP contribution is 2.25. The molecule has 0 amide bonds. The van der Waals surface area contributed by atoms with Crippen LogP contribution in [0.4, 0.5) is 5.82 Å². The fraction of sp³-hybridized carbons (Fsp3) is 0.692. The predicted octanol–water partition coefficient (Wildman–Crippen LogP) is 2.09. The van der Waals surface area contributed by atoms with Crippen molar-refractivity contribution in [2.24, 2.45) is 5.73 Å². The zero-order valence-corrected chi connectivity index (χ0v) is 10.6. The molecule has 0 saturated heterocycles. The zero-order valence-electron chi connectivity index (χ0n) is 10.6. The van der Waals surface area contributed by atoms with E-state index in [-0.39, 0.29) is 0 Å². The second kappa shape index (κ2) is 5.96. The van der Waals surface area contributed by atoms with Gasteiger partial charge in [0.05, 0.1) is 6.20 Å². The maximum absolute atomic E-state index is 5.75. The van der Waals surface area contributed by atoms with Crippen LogP contribution < -0.4 is 10.6 Å². The van der Waals surface area contributed by atoms with E-state index in [2.05, 4.69) is 22.1 Å². The summed E-state index contributed by atoms with van der Waals surface area (Å²) < 4.78 is 0. The van der Waals surface area contributed by atoms with Crippen LogP contribution in [0.25, 0.3) is 0 Å². The summed E-state index contributed by atoms with van der Waals surface area (Å²) in [6, 6.07) is 2.56. The second-order valence-electron chi connectivity index (χ2n) is 4.84. The smallest absolute Gasteiger partial charge is 0.155 e. The summed E-state index contributed by atoms with van der Waals surface area (Å²) in [4.78, 5) is 2.28. The molecule has 0 aliphatic heterocycles. The number of anilines is 1. The minimum absolute atomic E-state index is 0.530. The van der Waals surface area contributed by atoms with Gasteiger partial charge in [-0.2, -0.15) is 5.10 Å². The van der Waals surface area contributed by atoms with Crippen LogP contribution in [0.2, 0.25) is 0 Å². The van der Waals surface area contributed by atoms with Gasteiger partial charge in [0.2, 0.25) is 0 Å². The molecule has 0 radical (unpaired) electrons. The Morgan fingerprint density at radius 1 is 1.29 bits per heavy atom. The summed E-state index contributed by atoms with van der Waals surface area (Å²) in [5.74, 6) is 0.960. The van der Waals surface area contributed by atoms with Crippen molar-refractivity contribution >= 4 is 5.82 Å². The lowest BCUT2D eigenvalue weighted by Gasteiger charge is -2.29. The average molecular weight is 234 g/mol. The predicted molar refractivity (Wildman–Crippen MR) is 69.8 cm³/mol. The first-order chi connectivity index (χ1) is 8.33. The summed E-state index contributed by atoms with van der Waals surface area (Å²) in [6.07, 6.45) is 9.63. The largest absolute Gasteiger partial charge is 0.355 e. The van der Waals surface area contributed by atoms with Crippen LogP contribution in [-0.4, -0.2) is 23.3 Å². The molecule has 1 fully saturated rings. The summed E-state index contributed by atoms with van der Waals surface area (Å²) in [7, 11) is 2.12. The van der Waals surface area contributed by atoms with Crippen LogP contribution >= 0.6 is 0 Å². The molecule has 17 heavy (non-hydrogen) atoms. The van der Waals surface area contributed by atoms with Crippen molar-refractivity contribution < 1.29 is 0 Å². The maximum Gasteiger partial charge on any atom is 0.155 e. The lowest BCUT2D eigenvalue weighted by atomic mass is 10.1. The summed E-state index contributed by atoms with van der Waals surface area (Å²) >= 11 is 0. The van der Waals surface area contributed by atoms with Gasteiger partial charge in [0.15, 0.2) is 5.82 Å². The second-order valence-corrected chi connectivity index (χ2v) is 4.84. The molecule has 0 atom stereocenters. The fourth-order valence-corrected chi connectivity index (χ4v) is 2.62. The normalized spacial score (nSPS) is 17.8. The highest BCUT2D eigenvalue weighted by Gasteiger charge is 2.20. The van der Waals surface area contributed by atoms with E-state index < -0.39 is 0 Å². The van der Waals surface area contributed by atoms with Gasteiger partial charge in [0.1, 0.15) is 0 Å². The van der Waals surface area contributed by atoms with Crippen LogP contribution in [0.3, 0.4) is 0 Å². The molecule has 0 bridgehead atoms. The molecule has 0 unspecified atom stereocenters. The Labute approximate surface area is 103 Å². The molecular weight excluding hydrogens is 212 g/mol. The Hall–Kier alpha value is -1.16. The molecule has 2 N–H and O–H groups in total. The van der Waals surface area contributed by atoms with Gasteiger partial charge in [0, 0.05) is 25.2 Å². The SMILES string of the molecule is CN(c1nnccc1CN)C1CCCCCC1. The summed E-state index contributed by atoms with van der Waals surface area (Å²) in [6.45, 7) is 0.530. The third-order valence-electron chi connectivity index (χ3n) is 3.71. The molecule has 4 nitrogen and oxygen atoms in total. The quantitative estimate of drug-likeness (QED) is 0.814. The Balaban J connectivity index is 2.14. The maximum atomic E-state index is 5.75. The van der Waals surface area contributed by atoms with Gasteiger partial charge >= 0.3 is 0 Å². The Morgan fingerprint density at radius 3 is 2.65 bits per heavy atom. The van der Waals surface area contributed by atoms with Gasteiger partial charge in [-0.1, -0.05) is 25.7 Å². The molecule has 2 rings (SSSR count). The topological polar surface area (TPSA) is 55.0 Å². The van der Waals surface area contributed by atoms with E-state index in [4.69, 9.17) is 5.73 Å². The number of hydrogen-bond acceptors (Lipinski definition) is 4. The van der Waals surface area contributed by atoms with Gasteiger partial charge in [-0.05, 0) is 18.9 Å². The molecule has 1 saturated carbocycles. The number of nitrogens with two attached hydrogens (primary N) is 1. The van der Waals surface area contributed by atoms with E-state index in [1.165, 1.54) is 38.5 Å². The van der Waals surface area contributed by atoms with E-state index in [9.17, 15) is 0 Å². The van der Waals surface area contributed by atoms with Gasteiger partial charge in [0.25, 0.3) is 0 Å². The summed E-state index contributed by atoms with van der Waals surface area (Å²) in [5.41, 5.74) is 6.84. The van der Waals surface area contributed by atoms with Crippen molar-refractivity contribution in [2.75, 3.05) is 11.9 Å². The van der Waals surface area contributed by atoms with Crippen molar-refractivity contribution in [1.82, 2.24) is 10.2 Å². The Kier molecular flexibility index (Phi) is 4.31. The standard InChI is InChI=1S/C13H22N4/c1-17(12-6-4-2-3-5-7-12)13-11(10-14)8-9-15-16-13/h8-9,12H,2-7,10,14H2,1H3. The third kappa shape index (κ3) is 2.94. The average Bonchev–Trinajstić information content (AvgIpc) is 2.66. The highest BCUT2D eigenvalue weighted by atomic mass is 15.3. The monoisotopic (exact) mass is 234 g/mol. The lowest BCUT2D eigenvalue weighted by Crippen LogP contribution is -2.33. The first-order valence-corrected chi connectivity index (χ1v) is 6.56. The minimum atomic E-state index is 0.530. The van der Waals surface area contributed by atoms with Crippen LogP contribution in [-0.2, 0) is 6.54 Å². The number of nitrogens with zero attached hydrogens (tertiary/aromatic N) is 3. The Bertz CT molecular complexity index is 345. The molecule has 1 aromatic heterocycles. The number of hydrogen-bond donors (Lipinski definition) is 1. The molecule has 4 heteroatoms. The van der Waals surface area contributed by atoms with E-state index in [1.54, 1.807) is 6.20 Å². The molecule has 0 aromatic carbocycles. The molecule has 94 valence electrons. The highest BCUT2D eigenvalue weighted by molar-refractivity contribution is 5.45. The van der Waals surface area contributed by atoms with Crippen molar-refractivity contribution in [2.45, 2.75) is 51.1 Å².